The van der Waals surface area contributed by atoms with Gasteiger partial charge in [0.1, 0.15) is 0 Å². The Kier molecular flexibility index (Phi) is 5.92. The van der Waals surface area contributed by atoms with E-state index < -0.39 is 22.0 Å². The third-order valence-electron chi connectivity index (χ3n) is 3.91. The number of carbonyl (C=O) groups is 2. The molecule has 1 aliphatic heterocycles. The molecule has 1 saturated heterocycles. The maximum atomic E-state index is 12.6. The predicted octanol–water partition coefficient (Wildman–Crippen LogP) is -0.114. The summed E-state index contributed by atoms with van der Waals surface area (Å²) in [5.41, 5.74) is 5.88. The lowest BCUT2D eigenvalue weighted by atomic mass is 10.2. The number of hydrogen-bond donors (Lipinski definition) is 2. The van der Waals surface area contributed by atoms with Crippen LogP contribution in [0.4, 0.5) is 4.79 Å². The van der Waals surface area contributed by atoms with E-state index >= 15 is 0 Å². The van der Waals surface area contributed by atoms with Gasteiger partial charge in [0.2, 0.25) is 15.9 Å². The van der Waals surface area contributed by atoms with Crippen molar-refractivity contribution in [3.63, 3.8) is 0 Å². The molecule has 3 amide bonds. The van der Waals surface area contributed by atoms with Crippen molar-refractivity contribution in [2.24, 2.45) is 5.73 Å². The topological polar surface area (TPSA) is 113 Å². The van der Waals surface area contributed by atoms with Gasteiger partial charge in [-0.1, -0.05) is 17.7 Å². The van der Waals surface area contributed by atoms with Crippen LogP contribution in [0.15, 0.2) is 29.2 Å². The van der Waals surface area contributed by atoms with Crippen LogP contribution in [0.25, 0.3) is 0 Å². The zero-order chi connectivity index (χ0) is 17.7. The van der Waals surface area contributed by atoms with Gasteiger partial charge in [-0.3, -0.25) is 10.1 Å². The molecule has 8 nitrogen and oxygen atoms in total. The summed E-state index contributed by atoms with van der Waals surface area (Å²) in [6, 6.07) is 5.92. The Morgan fingerprint density at radius 2 is 1.71 bits per heavy atom. The number of rotatable bonds is 5. The van der Waals surface area contributed by atoms with E-state index in [1.807, 2.05) is 17.1 Å². The van der Waals surface area contributed by atoms with Crippen molar-refractivity contribution < 1.29 is 18.0 Å². The van der Waals surface area contributed by atoms with E-state index in [4.69, 9.17) is 5.73 Å². The number of piperazine rings is 1. The molecule has 0 atom stereocenters. The van der Waals surface area contributed by atoms with E-state index in [1.165, 1.54) is 4.31 Å². The molecular weight excluding hydrogens is 332 g/mol. The molecule has 1 fully saturated rings. The molecule has 0 aromatic heterocycles. The van der Waals surface area contributed by atoms with Crippen LogP contribution in [-0.4, -0.2) is 62.3 Å². The van der Waals surface area contributed by atoms with E-state index in [2.05, 4.69) is 0 Å². The highest BCUT2D eigenvalue weighted by atomic mass is 32.2. The molecule has 9 heteroatoms. The average molecular weight is 354 g/mol. The van der Waals surface area contributed by atoms with Crippen molar-refractivity contribution in [1.29, 1.82) is 0 Å². The number of benzene rings is 1. The number of nitrogens with one attached hydrogen (secondary N) is 1. The molecule has 0 saturated carbocycles. The summed E-state index contributed by atoms with van der Waals surface area (Å²) in [5.74, 6) is -0.433. The Hall–Kier alpha value is -1.97. The molecule has 1 aliphatic rings. The van der Waals surface area contributed by atoms with Crippen LogP contribution in [0.3, 0.4) is 0 Å². The second-order valence-corrected chi connectivity index (χ2v) is 7.66. The first-order valence-electron chi connectivity index (χ1n) is 7.67. The van der Waals surface area contributed by atoms with E-state index in [0.717, 1.165) is 5.56 Å². The lowest BCUT2D eigenvalue weighted by Crippen LogP contribution is -2.49. The average Bonchev–Trinajstić information content (AvgIpc) is 2.53. The first kappa shape index (κ1) is 18.4. The van der Waals surface area contributed by atoms with Crippen molar-refractivity contribution in [3.05, 3.63) is 29.8 Å². The Morgan fingerprint density at radius 3 is 2.25 bits per heavy atom. The summed E-state index contributed by atoms with van der Waals surface area (Å²) < 4.78 is 26.6. The summed E-state index contributed by atoms with van der Waals surface area (Å²) in [7, 11) is -3.48. The number of carbonyl (C=O) groups excluding carboxylic acids is 2. The highest BCUT2D eigenvalue weighted by Gasteiger charge is 2.28. The second kappa shape index (κ2) is 7.73. The number of primary amides is 1. The number of nitrogens with zero attached hydrogens (tertiary/aromatic N) is 2. The minimum Gasteiger partial charge on any atom is -0.351 e. The number of amides is 3. The Morgan fingerprint density at radius 1 is 1.12 bits per heavy atom. The van der Waals surface area contributed by atoms with Crippen molar-refractivity contribution in [1.82, 2.24) is 14.5 Å². The molecular formula is C15H22N4O4S. The fourth-order valence-corrected chi connectivity index (χ4v) is 3.93. The van der Waals surface area contributed by atoms with Gasteiger partial charge in [0, 0.05) is 39.1 Å². The first-order chi connectivity index (χ1) is 11.3. The van der Waals surface area contributed by atoms with Gasteiger partial charge in [0.05, 0.1) is 4.90 Å². The largest absolute Gasteiger partial charge is 0.351 e. The standard InChI is InChI=1S/C15H22N4O4S/c1-12-2-4-13(5-3-12)24(22,23)19-10-8-18(9-11-19)7-6-14(20)17-15(16)21/h2-5H,6-11H2,1H3,(H3,16,17,20,21). The van der Waals surface area contributed by atoms with E-state index in [0.29, 0.717) is 37.6 Å². The van der Waals surface area contributed by atoms with Crippen molar-refractivity contribution >= 4 is 22.0 Å². The maximum Gasteiger partial charge on any atom is 0.318 e. The van der Waals surface area contributed by atoms with Gasteiger partial charge in [-0.25, -0.2) is 13.2 Å². The predicted molar refractivity (Wildman–Crippen MR) is 88.7 cm³/mol. The van der Waals surface area contributed by atoms with Gasteiger partial charge < -0.3 is 10.6 Å². The zero-order valence-electron chi connectivity index (χ0n) is 13.6. The molecule has 1 aromatic carbocycles. The van der Waals surface area contributed by atoms with Crippen LogP contribution in [0.2, 0.25) is 0 Å². The molecule has 132 valence electrons. The summed E-state index contributed by atoms with van der Waals surface area (Å²) in [6.45, 7) is 4.17. The maximum absolute atomic E-state index is 12.6. The van der Waals surface area contributed by atoms with Crippen molar-refractivity contribution in [2.75, 3.05) is 32.7 Å². The van der Waals surface area contributed by atoms with Crippen LogP contribution < -0.4 is 11.1 Å². The van der Waals surface area contributed by atoms with E-state index in [1.54, 1.807) is 24.3 Å². The molecule has 1 aromatic rings. The lowest BCUT2D eigenvalue weighted by molar-refractivity contribution is -0.120. The van der Waals surface area contributed by atoms with Gasteiger partial charge in [-0.15, -0.1) is 0 Å². The zero-order valence-corrected chi connectivity index (χ0v) is 14.4. The molecule has 3 N–H and O–H groups in total. The van der Waals surface area contributed by atoms with Crippen LogP contribution in [-0.2, 0) is 14.8 Å². The number of sulfonamides is 1. The summed E-state index contributed by atoms with van der Waals surface area (Å²) in [6.07, 6.45) is 0.146. The molecule has 0 spiro atoms. The SMILES string of the molecule is Cc1ccc(S(=O)(=O)N2CCN(CCC(=O)NC(N)=O)CC2)cc1. The summed E-state index contributed by atoms with van der Waals surface area (Å²) in [5, 5.41) is 2.01. The minimum absolute atomic E-state index is 0.146. The first-order valence-corrected chi connectivity index (χ1v) is 9.11. The van der Waals surface area contributed by atoms with E-state index in [9.17, 15) is 18.0 Å². The molecule has 0 aliphatic carbocycles. The molecule has 1 heterocycles. The molecule has 0 bridgehead atoms. The van der Waals surface area contributed by atoms with Crippen LogP contribution >= 0.6 is 0 Å². The van der Waals surface area contributed by atoms with Crippen LogP contribution in [0, 0.1) is 6.92 Å². The third kappa shape index (κ3) is 4.76. The Bertz CT molecular complexity index is 695. The highest BCUT2D eigenvalue weighted by Crippen LogP contribution is 2.18. The van der Waals surface area contributed by atoms with Gasteiger partial charge in [0.25, 0.3) is 0 Å². The number of urea groups is 1. The van der Waals surface area contributed by atoms with Gasteiger partial charge in [-0.2, -0.15) is 4.31 Å². The molecule has 24 heavy (non-hydrogen) atoms. The fraction of sp³-hybridized carbons (Fsp3) is 0.467. The summed E-state index contributed by atoms with van der Waals surface area (Å²) in [4.78, 5) is 24.2. The lowest BCUT2D eigenvalue weighted by Gasteiger charge is -2.33. The summed E-state index contributed by atoms with van der Waals surface area (Å²) >= 11 is 0. The highest BCUT2D eigenvalue weighted by molar-refractivity contribution is 7.89. The Labute approximate surface area is 141 Å². The van der Waals surface area contributed by atoms with E-state index in [-0.39, 0.29) is 6.42 Å². The number of imide groups is 1. The van der Waals surface area contributed by atoms with Gasteiger partial charge in [-0.05, 0) is 19.1 Å². The fourth-order valence-electron chi connectivity index (χ4n) is 2.51. The van der Waals surface area contributed by atoms with Crippen molar-refractivity contribution in [3.8, 4) is 0 Å². The second-order valence-electron chi connectivity index (χ2n) is 5.72. The minimum atomic E-state index is -3.48. The molecule has 0 radical (unpaired) electrons. The van der Waals surface area contributed by atoms with Crippen LogP contribution in [0.5, 0.6) is 0 Å². The normalized spacial score (nSPS) is 16.7. The van der Waals surface area contributed by atoms with Crippen LogP contribution in [0.1, 0.15) is 12.0 Å². The quantitative estimate of drug-likeness (QED) is 0.766. The molecule has 2 rings (SSSR count). The number of aryl methyl sites for hydroxylation is 1. The van der Waals surface area contributed by atoms with Crippen molar-refractivity contribution in [2.45, 2.75) is 18.2 Å². The van der Waals surface area contributed by atoms with Gasteiger partial charge >= 0.3 is 6.03 Å². The number of hydrogen-bond acceptors (Lipinski definition) is 5. The monoisotopic (exact) mass is 354 g/mol. The van der Waals surface area contributed by atoms with Gasteiger partial charge in [0.15, 0.2) is 0 Å². The smallest absolute Gasteiger partial charge is 0.318 e. The third-order valence-corrected chi connectivity index (χ3v) is 5.82. The number of nitrogens with two attached hydrogens (primary N) is 1. The molecule has 0 unspecified atom stereocenters. The Balaban J connectivity index is 1.87.